The number of aliphatic imine (C=N–C) groups is 1. The molecule has 1 heterocycles. The van der Waals surface area contributed by atoms with Gasteiger partial charge in [-0.2, -0.15) is 13.2 Å². The topological polar surface area (TPSA) is 85.3 Å². The Morgan fingerprint density at radius 2 is 1.76 bits per heavy atom. The summed E-state index contributed by atoms with van der Waals surface area (Å²) in [6.07, 6.45) is -6.33. The third-order valence-corrected chi connectivity index (χ3v) is 8.68. The second kappa shape index (κ2) is 12.0. The van der Waals surface area contributed by atoms with Crippen molar-refractivity contribution in [1.29, 1.82) is 0 Å². The predicted molar refractivity (Wildman–Crippen MR) is 138 cm³/mol. The van der Waals surface area contributed by atoms with E-state index in [-0.39, 0.29) is 36.8 Å². The van der Waals surface area contributed by atoms with Crippen LogP contribution in [-0.4, -0.2) is 46.8 Å². The molecular formula is C25H27F3N2O5S2. The first-order valence-electron chi connectivity index (χ1n) is 11.5. The average Bonchev–Trinajstić information content (AvgIpc) is 3.19. The van der Waals surface area contributed by atoms with Gasteiger partial charge in [0.2, 0.25) is 5.90 Å². The number of carbonyl (C=O) groups excluding carboxylic acids is 1. The van der Waals surface area contributed by atoms with Crippen LogP contribution in [0.3, 0.4) is 0 Å². The monoisotopic (exact) mass is 556 g/mol. The van der Waals surface area contributed by atoms with Crippen molar-refractivity contribution in [3.05, 3.63) is 59.7 Å². The summed E-state index contributed by atoms with van der Waals surface area (Å²) in [6.45, 7) is 3.61. The molecule has 1 aromatic heterocycles. The van der Waals surface area contributed by atoms with Crippen LogP contribution in [0.5, 0.6) is 0 Å². The van der Waals surface area contributed by atoms with Crippen LogP contribution in [0.4, 0.5) is 23.0 Å². The number of fused-ring (bicyclic) bond motifs is 1. The lowest BCUT2D eigenvalue weighted by molar-refractivity contribution is -0.135. The highest BCUT2D eigenvalue weighted by atomic mass is 32.2. The molecule has 0 unspecified atom stereocenters. The van der Waals surface area contributed by atoms with Crippen LogP contribution in [0.15, 0.2) is 58.4 Å². The zero-order valence-corrected chi connectivity index (χ0v) is 22.2. The molecule has 1 amide bonds. The van der Waals surface area contributed by atoms with E-state index in [4.69, 9.17) is 4.74 Å². The lowest BCUT2D eigenvalue weighted by Crippen LogP contribution is -2.32. The Kier molecular flexibility index (Phi) is 9.19. The summed E-state index contributed by atoms with van der Waals surface area (Å²) in [4.78, 5) is 15.2. The number of rotatable bonds is 9. The maximum absolute atomic E-state index is 13.8. The lowest BCUT2D eigenvalue weighted by atomic mass is 10.2. The minimum atomic E-state index is -4.31. The van der Waals surface area contributed by atoms with Crippen molar-refractivity contribution in [2.75, 3.05) is 24.6 Å². The van der Waals surface area contributed by atoms with Crippen LogP contribution in [-0.2, 0) is 19.5 Å². The van der Waals surface area contributed by atoms with E-state index in [9.17, 15) is 26.4 Å². The normalized spacial score (nSPS) is 12.5. The van der Waals surface area contributed by atoms with Crippen LogP contribution in [0, 0.1) is 6.92 Å². The fourth-order valence-electron chi connectivity index (χ4n) is 3.65. The van der Waals surface area contributed by atoms with Gasteiger partial charge in [0.05, 0.1) is 18.6 Å². The molecule has 0 aliphatic rings. The van der Waals surface area contributed by atoms with E-state index in [0.717, 1.165) is 15.6 Å². The molecule has 3 rings (SSSR count). The van der Waals surface area contributed by atoms with Gasteiger partial charge in [0.15, 0.2) is 0 Å². The van der Waals surface area contributed by atoms with E-state index in [1.165, 1.54) is 47.0 Å². The number of hydrogen-bond acceptors (Lipinski definition) is 6. The highest BCUT2D eigenvalue weighted by Crippen LogP contribution is 2.40. The summed E-state index contributed by atoms with van der Waals surface area (Å²) in [5, 5.41) is 1.34. The van der Waals surface area contributed by atoms with Gasteiger partial charge in [0, 0.05) is 23.2 Å². The van der Waals surface area contributed by atoms with Gasteiger partial charge in [-0.1, -0.05) is 18.2 Å². The number of nitrogens with zero attached hydrogens (tertiary/aromatic N) is 2. The van der Waals surface area contributed by atoms with Gasteiger partial charge in [-0.3, -0.25) is 4.31 Å². The fourth-order valence-corrected chi connectivity index (χ4v) is 6.66. The summed E-state index contributed by atoms with van der Waals surface area (Å²) < 4.78 is 77.6. The Hall–Kier alpha value is -3.12. The first kappa shape index (κ1) is 28.5. The van der Waals surface area contributed by atoms with Crippen LogP contribution in [0.2, 0.25) is 0 Å². The third kappa shape index (κ3) is 7.01. The molecule has 12 heteroatoms. The van der Waals surface area contributed by atoms with Crippen molar-refractivity contribution in [2.24, 2.45) is 4.99 Å². The molecule has 2 aromatic carbocycles. The number of sulfonamides is 1. The number of methoxy groups -OCH3 is 1. The largest absolute Gasteiger partial charge is 0.477 e. The van der Waals surface area contributed by atoms with E-state index in [1.54, 1.807) is 13.8 Å². The third-order valence-electron chi connectivity index (χ3n) is 5.45. The van der Waals surface area contributed by atoms with Gasteiger partial charge >= 0.3 is 12.3 Å². The molecule has 0 bridgehead atoms. The van der Waals surface area contributed by atoms with Crippen molar-refractivity contribution in [1.82, 2.24) is 0 Å². The fraction of sp³-hybridized carbons (Fsp3) is 0.360. The van der Waals surface area contributed by atoms with E-state index < -0.39 is 28.7 Å². The molecule has 0 fully saturated rings. The second-order valence-electron chi connectivity index (χ2n) is 8.02. The molecule has 0 atom stereocenters. The quantitative estimate of drug-likeness (QED) is 0.167. The molecule has 200 valence electrons. The standard InChI is InChI=1S/C25H27F3N2O5S2/c1-4-35-22(29-24(31)34-3)18-11-13-19(14-12-18)37(32,33)30(16-8-7-15-25(26,27)28)23-17(2)20-9-5-6-10-21(20)36-23/h5-6,9-14H,4,7-8,15-16H2,1-3H3. The molecule has 0 aliphatic heterocycles. The molecule has 0 aliphatic carbocycles. The van der Waals surface area contributed by atoms with E-state index in [0.29, 0.717) is 10.6 Å². The second-order valence-corrected chi connectivity index (χ2v) is 10.9. The SMILES string of the molecule is CCOC(=NC(=O)OC)c1ccc(S(=O)(=O)N(CCCCC(F)(F)F)c2sc3ccccc3c2C)cc1. The molecular weight excluding hydrogens is 529 g/mol. The Morgan fingerprint density at radius 3 is 2.35 bits per heavy atom. The Morgan fingerprint density at radius 1 is 1.08 bits per heavy atom. The van der Waals surface area contributed by atoms with Gasteiger partial charge < -0.3 is 9.47 Å². The summed E-state index contributed by atoms with van der Waals surface area (Å²) in [6, 6.07) is 13.0. The Labute approximate surface area is 217 Å². The molecule has 7 nitrogen and oxygen atoms in total. The van der Waals surface area contributed by atoms with Crippen molar-refractivity contribution < 1.29 is 35.9 Å². The summed E-state index contributed by atoms with van der Waals surface area (Å²) in [5.41, 5.74) is 1.10. The number of unbranched alkanes of at least 4 members (excludes halogenated alkanes) is 1. The summed E-state index contributed by atoms with van der Waals surface area (Å²) in [5.74, 6) is -0.0253. The Bertz CT molecular complexity index is 1370. The number of aryl methyl sites for hydroxylation is 1. The maximum atomic E-state index is 13.8. The highest BCUT2D eigenvalue weighted by Gasteiger charge is 2.30. The molecule has 0 saturated heterocycles. The van der Waals surface area contributed by atoms with Crippen molar-refractivity contribution >= 4 is 48.4 Å². The van der Waals surface area contributed by atoms with Gasteiger partial charge in [0.25, 0.3) is 10.0 Å². The zero-order chi connectivity index (χ0) is 27.2. The summed E-state index contributed by atoms with van der Waals surface area (Å²) in [7, 11) is -2.96. The number of ether oxygens (including phenoxy) is 2. The van der Waals surface area contributed by atoms with Crippen LogP contribution in [0.25, 0.3) is 10.1 Å². The lowest BCUT2D eigenvalue weighted by Gasteiger charge is -2.24. The number of alkyl halides is 3. The van der Waals surface area contributed by atoms with Crippen molar-refractivity contribution in [3.8, 4) is 0 Å². The van der Waals surface area contributed by atoms with E-state index >= 15 is 0 Å². The zero-order valence-electron chi connectivity index (χ0n) is 20.5. The Balaban J connectivity index is 1.98. The first-order chi connectivity index (χ1) is 17.5. The molecule has 0 N–H and O–H groups in total. The minimum absolute atomic E-state index is 0.0253. The number of benzene rings is 2. The number of hydrogen-bond donors (Lipinski definition) is 0. The summed E-state index contributed by atoms with van der Waals surface area (Å²) >= 11 is 1.28. The molecule has 3 aromatic rings. The highest BCUT2D eigenvalue weighted by molar-refractivity contribution is 7.93. The van der Waals surface area contributed by atoms with Crippen LogP contribution in [0.1, 0.15) is 37.3 Å². The van der Waals surface area contributed by atoms with Crippen molar-refractivity contribution in [3.63, 3.8) is 0 Å². The predicted octanol–water partition coefficient (Wildman–Crippen LogP) is 6.69. The van der Waals surface area contributed by atoms with Gasteiger partial charge in [-0.15, -0.1) is 16.3 Å². The number of carbonyl (C=O) groups is 1. The number of halogens is 3. The van der Waals surface area contributed by atoms with Gasteiger partial charge in [0.1, 0.15) is 5.00 Å². The van der Waals surface area contributed by atoms with E-state index in [1.807, 2.05) is 24.3 Å². The first-order valence-corrected chi connectivity index (χ1v) is 13.7. The number of thiophene rings is 1. The van der Waals surface area contributed by atoms with Crippen molar-refractivity contribution in [2.45, 2.75) is 44.2 Å². The number of anilines is 1. The van der Waals surface area contributed by atoms with E-state index in [2.05, 4.69) is 9.73 Å². The molecule has 0 radical (unpaired) electrons. The minimum Gasteiger partial charge on any atom is -0.477 e. The van der Waals surface area contributed by atoms with Crippen LogP contribution >= 0.6 is 11.3 Å². The average molecular weight is 557 g/mol. The van der Waals surface area contributed by atoms with Gasteiger partial charge in [-0.25, -0.2) is 13.2 Å². The number of amides is 1. The maximum Gasteiger partial charge on any atom is 0.436 e. The molecule has 37 heavy (non-hydrogen) atoms. The molecule has 0 spiro atoms. The van der Waals surface area contributed by atoms with Gasteiger partial charge in [-0.05, 0) is 68.0 Å². The smallest absolute Gasteiger partial charge is 0.436 e. The van der Waals surface area contributed by atoms with Crippen LogP contribution < -0.4 is 4.31 Å². The molecule has 0 saturated carbocycles.